The van der Waals surface area contributed by atoms with Crippen molar-refractivity contribution in [3.63, 3.8) is 0 Å². The Bertz CT molecular complexity index is 549. The van der Waals surface area contributed by atoms with E-state index in [1.54, 1.807) is 0 Å². The molecule has 3 rings (SSSR count). The van der Waals surface area contributed by atoms with E-state index in [4.69, 9.17) is 5.11 Å². The van der Waals surface area contributed by atoms with Crippen LogP contribution in [-0.2, 0) is 0 Å². The zero-order chi connectivity index (χ0) is 13.3. The quantitative estimate of drug-likeness (QED) is 0.762. The number of hydrogen-bond acceptors (Lipinski definition) is 2. The van der Waals surface area contributed by atoms with Crippen LogP contribution in [0.4, 0.5) is 13.2 Å². The minimum absolute atomic E-state index is 0.886. The molecule has 0 amide bonds. The van der Waals surface area contributed by atoms with Gasteiger partial charge in [-0.25, -0.2) is 18.2 Å². The van der Waals surface area contributed by atoms with Gasteiger partial charge < -0.3 is 5.11 Å². The third-order valence-electron chi connectivity index (χ3n) is 2.64. The van der Waals surface area contributed by atoms with Gasteiger partial charge in [0.15, 0.2) is 0 Å². The molecule has 2 atom stereocenters. The van der Waals surface area contributed by atoms with Crippen LogP contribution in [0.3, 0.4) is 0 Å². The number of aliphatic hydroxyl groups is 1. The number of para-hydroxylation sites is 1. The minimum atomic E-state index is -2.98. The zero-order valence-corrected chi connectivity index (χ0v) is 9.65. The summed E-state index contributed by atoms with van der Waals surface area (Å²) in [7, 11) is 0. The number of pyridine rings is 1. The summed E-state index contributed by atoms with van der Waals surface area (Å²) in [5.41, 5.74) is 3.66. The molecule has 5 heteroatoms. The summed E-state index contributed by atoms with van der Waals surface area (Å²) in [4.78, 5) is 4.35. The number of nitrogens with zero attached hydrogens (tertiary/aromatic N) is 1. The lowest BCUT2D eigenvalue weighted by atomic mass is 10.2. The van der Waals surface area contributed by atoms with Crippen molar-refractivity contribution < 1.29 is 18.3 Å². The van der Waals surface area contributed by atoms with Gasteiger partial charge in [-0.3, -0.25) is 0 Å². The molecule has 0 radical (unpaired) electrons. The van der Waals surface area contributed by atoms with Crippen molar-refractivity contribution in [2.75, 3.05) is 0 Å². The Hall–Kier alpha value is -1.62. The highest BCUT2D eigenvalue weighted by molar-refractivity contribution is 6.04. The van der Waals surface area contributed by atoms with Crippen molar-refractivity contribution in [3.8, 4) is 11.3 Å². The van der Waals surface area contributed by atoms with Crippen LogP contribution in [0.25, 0.3) is 22.2 Å². The number of hydrogen-bond donors (Lipinski definition) is 1. The molecule has 2 aliphatic rings. The van der Waals surface area contributed by atoms with Crippen molar-refractivity contribution in [2.45, 2.75) is 25.6 Å². The fourth-order valence-corrected chi connectivity index (χ4v) is 1.54. The van der Waals surface area contributed by atoms with E-state index in [-0.39, 0.29) is 0 Å². The van der Waals surface area contributed by atoms with E-state index < -0.39 is 18.7 Å². The average molecular weight is 255 g/mol. The lowest BCUT2D eigenvalue weighted by Gasteiger charge is -2.08. The Morgan fingerprint density at radius 1 is 1.17 bits per heavy atom. The van der Waals surface area contributed by atoms with Crippen LogP contribution in [0.1, 0.15) is 6.92 Å². The molecule has 0 bridgehead atoms. The van der Waals surface area contributed by atoms with Crippen LogP contribution >= 0.6 is 0 Å². The molecular formula is C13H12F3NO. The van der Waals surface area contributed by atoms with Gasteiger partial charge in [0.2, 0.25) is 0 Å². The largest absolute Gasteiger partial charge is 0.384 e. The molecule has 1 aliphatic carbocycles. The van der Waals surface area contributed by atoms with Gasteiger partial charge in [0.05, 0.1) is 11.2 Å². The smallest absolute Gasteiger partial charge is 0.266 e. The Kier molecular flexibility index (Phi) is 3.52. The van der Waals surface area contributed by atoms with Crippen LogP contribution in [0.5, 0.6) is 0 Å². The first kappa shape index (κ1) is 12.8. The topological polar surface area (TPSA) is 33.1 Å². The number of halogens is 3. The van der Waals surface area contributed by atoms with Gasteiger partial charge in [0.1, 0.15) is 12.3 Å². The summed E-state index contributed by atoms with van der Waals surface area (Å²) in [6.07, 6.45) is -6.96. The number of aliphatic hydroxyl groups excluding tert-OH is 1. The molecule has 0 aromatic heterocycles. The van der Waals surface area contributed by atoms with E-state index in [0.29, 0.717) is 0 Å². The highest BCUT2D eigenvalue weighted by atomic mass is 19.3. The summed E-state index contributed by atoms with van der Waals surface area (Å²) < 4.78 is 34.0. The Balaban J connectivity index is 0.000000139. The lowest BCUT2D eigenvalue weighted by molar-refractivity contribution is -0.0432. The summed E-state index contributed by atoms with van der Waals surface area (Å²) in [6, 6.07) is 10.4. The van der Waals surface area contributed by atoms with Crippen molar-refractivity contribution >= 4 is 10.9 Å². The molecule has 1 aromatic carbocycles. The van der Waals surface area contributed by atoms with Crippen LogP contribution in [-0.4, -0.2) is 28.8 Å². The predicted octanol–water partition coefficient (Wildman–Crippen LogP) is 3.19. The Morgan fingerprint density at radius 2 is 1.83 bits per heavy atom. The van der Waals surface area contributed by atoms with E-state index >= 15 is 0 Å². The summed E-state index contributed by atoms with van der Waals surface area (Å²) >= 11 is 0. The molecule has 96 valence electrons. The summed E-state index contributed by atoms with van der Waals surface area (Å²) in [5, 5.41) is 9.38. The third kappa shape index (κ3) is 2.61. The second-order valence-corrected chi connectivity index (χ2v) is 4.07. The van der Waals surface area contributed by atoms with Crippen LogP contribution in [0.2, 0.25) is 0 Å². The molecule has 0 saturated carbocycles. The van der Waals surface area contributed by atoms with E-state index in [2.05, 4.69) is 29.2 Å². The number of benzene rings is 1. The minimum Gasteiger partial charge on any atom is -0.384 e. The van der Waals surface area contributed by atoms with Crippen molar-refractivity contribution in [1.29, 1.82) is 0 Å². The molecule has 1 heterocycles. The van der Waals surface area contributed by atoms with Gasteiger partial charge in [-0.2, -0.15) is 0 Å². The number of fused-ring (bicyclic) bond motifs is 3. The predicted molar refractivity (Wildman–Crippen MR) is 63.3 cm³/mol. The maximum absolute atomic E-state index is 11.6. The van der Waals surface area contributed by atoms with E-state index in [1.165, 1.54) is 16.6 Å². The first-order chi connectivity index (χ1) is 8.50. The van der Waals surface area contributed by atoms with Gasteiger partial charge in [-0.05, 0) is 19.1 Å². The number of aromatic nitrogens is 1. The fourth-order valence-electron chi connectivity index (χ4n) is 1.54. The van der Waals surface area contributed by atoms with E-state index in [9.17, 15) is 13.2 Å². The van der Waals surface area contributed by atoms with Crippen LogP contribution in [0.15, 0.2) is 30.3 Å². The highest BCUT2D eigenvalue weighted by Crippen LogP contribution is 2.39. The maximum Gasteiger partial charge on any atom is 0.266 e. The SMILES string of the molecule is CC(F)C(O)C(F)F.c1ccc2c3cc-3nc2c1. The molecule has 0 saturated heterocycles. The second kappa shape index (κ2) is 4.94. The zero-order valence-electron chi connectivity index (χ0n) is 9.65. The molecule has 18 heavy (non-hydrogen) atoms. The Morgan fingerprint density at radius 3 is 2.33 bits per heavy atom. The maximum atomic E-state index is 11.6. The molecule has 0 fully saturated rings. The molecular weight excluding hydrogens is 243 g/mol. The van der Waals surface area contributed by atoms with Gasteiger partial charge in [0, 0.05) is 10.9 Å². The van der Waals surface area contributed by atoms with Crippen molar-refractivity contribution in [3.05, 3.63) is 30.3 Å². The lowest BCUT2D eigenvalue weighted by Crippen LogP contribution is -2.26. The number of rotatable bonds is 2. The average Bonchev–Trinajstić information content (AvgIpc) is 3.01. The van der Waals surface area contributed by atoms with Crippen molar-refractivity contribution in [2.24, 2.45) is 0 Å². The molecule has 1 aromatic rings. The van der Waals surface area contributed by atoms with Gasteiger partial charge in [-0.15, -0.1) is 0 Å². The first-order valence-corrected chi connectivity index (χ1v) is 5.51. The molecule has 1 N–H and O–H groups in total. The standard InChI is InChI=1S/C9H5N.C4H7F3O/c1-2-4-8-6(3-1)7-5-9(7)10-8;1-2(5)3(8)4(6)7/h1-5H;2-4,8H,1H3. The van der Waals surface area contributed by atoms with Gasteiger partial charge >= 0.3 is 0 Å². The van der Waals surface area contributed by atoms with Gasteiger partial charge in [0.25, 0.3) is 6.43 Å². The third-order valence-corrected chi connectivity index (χ3v) is 2.64. The highest BCUT2D eigenvalue weighted by Gasteiger charge is 2.22. The van der Waals surface area contributed by atoms with Crippen LogP contribution < -0.4 is 0 Å². The number of alkyl halides is 3. The van der Waals surface area contributed by atoms with E-state index in [0.717, 1.165) is 12.4 Å². The summed E-state index contributed by atoms with van der Waals surface area (Å²) in [6.45, 7) is 0.886. The molecule has 2 nitrogen and oxygen atoms in total. The normalized spacial score (nSPS) is 15.0. The van der Waals surface area contributed by atoms with Crippen molar-refractivity contribution in [1.82, 2.24) is 4.98 Å². The fraction of sp³-hybridized carbons (Fsp3) is 0.308. The first-order valence-electron chi connectivity index (χ1n) is 5.51. The van der Waals surface area contributed by atoms with Crippen LogP contribution in [0, 0.1) is 0 Å². The molecule has 2 unspecified atom stereocenters. The monoisotopic (exact) mass is 255 g/mol. The second-order valence-electron chi connectivity index (χ2n) is 4.07. The van der Waals surface area contributed by atoms with Gasteiger partial charge in [-0.1, -0.05) is 18.2 Å². The van der Waals surface area contributed by atoms with E-state index in [1.807, 2.05) is 6.07 Å². The molecule has 0 spiro atoms. The Labute approximate surface area is 102 Å². The molecule has 1 aliphatic heterocycles. The summed E-state index contributed by atoms with van der Waals surface area (Å²) in [5.74, 6) is 0.